The summed E-state index contributed by atoms with van der Waals surface area (Å²) in [6.07, 6.45) is 0. The van der Waals surface area contributed by atoms with Crippen LogP contribution in [0.15, 0.2) is 60.7 Å². The highest BCUT2D eigenvalue weighted by Crippen LogP contribution is 2.03. The minimum absolute atomic E-state index is 0.0359. The number of amides is 1. The molecule has 0 heterocycles. The summed E-state index contributed by atoms with van der Waals surface area (Å²) >= 11 is 0. The summed E-state index contributed by atoms with van der Waals surface area (Å²) < 4.78 is 0. The van der Waals surface area contributed by atoms with Gasteiger partial charge in [-0.25, -0.2) is 0 Å². The van der Waals surface area contributed by atoms with E-state index in [1.54, 1.807) is 0 Å². The molecule has 0 aromatic heterocycles. The first kappa shape index (κ1) is 25.8. The molecule has 0 saturated carbocycles. The molecule has 23 heavy (non-hydrogen) atoms. The van der Waals surface area contributed by atoms with E-state index in [1.807, 2.05) is 90.1 Å². The molecular weight excluding hydrogens is 282 g/mol. The molecule has 2 nitrogen and oxygen atoms in total. The minimum atomic E-state index is -0.0359. The van der Waals surface area contributed by atoms with Gasteiger partial charge in [0.05, 0.1) is 0 Å². The van der Waals surface area contributed by atoms with Crippen LogP contribution in [0, 0.1) is 6.92 Å². The van der Waals surface area contributed by atoms with Crippen molar-refractivity contribution in [1.82, 2.24) is 0 Å². The molecule has 0 radical (unpaired) electrons. The summed E-state index contributed by atoms with van der Waals surface area (Å²) in [5.74, 6) is -0.0359. The highest BCUT2D eigenvalue weighted by atomic mass is 16.1. The molecule has 2 heteroatoms. The molecule has 0 aliphatic rings. The van der Waals surface area contributed by atoms with Crippen molar-refractivity contribution in [3.8, 4) is 0 Å². The number of para-hydroxylation sites is 1. The second-order valence-electron chi connectivity index (χ2n) is 3.70. The van der Waals surface area contributed by atoms with Crippen molar-refractivity contribution in [3.05, 3.63) is 66.2 Å². The fraction of sp³-hybridized carbons (Fsp3) is 0.381. The van der Waals surface area contributed by atoms with E-state index in [2.05, 4.69) is 24.4 Å². The van der Waals surface area contributed by atoms with Gasteiger partial charge in [-0.15, -0.1) is 0 Å². The molecule has 0 aliphatic heterocycles. The number of carbonyl (C=O) groups excluding carboxylic acids is 1. The van der Waals surface area contributed by atoms with E-state index < -0.39 is 0 Å². The fourth-order valence-electron chi connectivity index (χ4n) is 1.26. The maximum atomic E-state index is 10.5. The van der Waals surface area contributed by atoms with Crippen LogP contribution in [0.1, 0.15) is 54.0 Å². The first-order chi connectivity index (χ1) is 11.2. The zero-order valence-electron chi connectivity index (χ0n) is 16.2. The van der Waals surface area contributed by atoms with Gasteiger partial charge in [-0.05, 0) is 19.1 Å². The van der Waals surface area contributed by atoms with Gasteiger partial charge in [-0.1, -0.05) is 95.6 Å². The average molecular weight is 318 g/mol. The minimum Gasteiger partial charge on any atom is -0.326 e. The van der Waals surface area contributed by atoms with Crippen molar-refractivity contribution in [2.24, 2.45) is 0 Å². The van der Waals surface area contributed by atoms with Gasteiger partial charge in [0.15, 0.2) is 0 Å². The zero-order chi connectivity index (χ0) is 18.5. The lowest BCUT2D eigenvalue weighted by atomic mass is 10.2. The number of benzene rings is 2. The first-order valence-corrected chi connectivity index (χ1v) is 8.53. The second kappa shape index (κ2) is 22.2. The van der Waals surface area contributed by atoms with Crippen LogP contribution in [0.4, 0.5) is 5.69 Å². The molecule has 2 aromatic rings. The van der Waals surface area contributed by atoms with Crippen LogP contribution in [-0.4, -0.2) is 5.91 Å². The van der Waals surface area contributed by atoms with Gasteiger partial charge in [0.1, 0.15) is 0 Å². The van der Waals surface area contributed by atoms with Crippen LogP contribution < -0.4 is 5.32 Å². The Morgan fingerprint density at radius 2 is 1.04 bits per heavy atom. The predicted molar refractivity (Wildman–Crippen MR) is 106 cm³/mol. The molecule has 1 N–H and O–H groups in total. The second-order valence-corrected chi connectivity index (χ2v) is 3.70. The summed E-state index contributed by atoms with van der Waals surface area (Å²) in [5.41, 5.74) is 2.16. The average Bonchev–Trinajstić information content (AvgIpc) is 2.62. The van der Waals surface area contributed by atoms with Crippen LogP contribution in [0.5, 0.6) is 0 Å². The van der Waals surface area contributed by atoms with Crippen molar-refractivity contribution in [1.29, 1.82) is 0 Å². The molecule has 130 valence electrons. The number of hydrogen-bond acceptors (Lipinski definition) is 1. The Morgan fingerprint density at radius 3 is 1.30 bits per heavy atom. The Kier molecular flexibility index (Phi) is 24.9. The molecule has 0 spiro atoms. The van der Waals surface area contributed by atoms with E-state index in [0.717, 1.165) is 5.69 Å². The van der Waals surface area contributed by atoms with Crippen LogP contribution >= 0.6 is 0 Å². The van der Waals surface area contributed by atoms with E-state index in [9.17, 15) is 4.79 Å². The fourth-order valence-corrected chi connectivity index (χ4v) is 1.26. The normalized spacial score (nSPS) is 7.30. The molecule has 0 aliphatic carbocycles. The van der Waals surface area contributed by atoms with Gasteiger partial charge in [0, 0.05) is 12.6 Å². The molecule has 0 atom stereocenters. The summed E-state index contributed by atoms with van der Waals surface area (Å²) in [7, 11) is 0. The summed E-state index contributed by atoms with van der Waals surface area (Å²) in [5, 5.41) is 2.67. The number of carbonyl (C=O) groups is 1. The monoisotopic (exact) mass is 317 g/mol. The Hall–Kier alpha value is -2.09. The number of aryl methyl sites for hydroxylation is 1. The van der Waals surface area contributed by atoms with Crippen molar-refractivity contribution < 1.29 is 4.79 Å². The highest BCUT2D eigenvalue weighted by Gasteiger charge is 1.90. The lowest BCUT2D eigenvalue weighted by molar-refractivity contribution is -0.114. The van der Waals surface area contributed by atoms with E-state index in [1.165, 1.54) is 12.5 Å². The van der Waals surface area contributed by atoms with Gasteiger partial charge < -0.3 is 5.32 Å². The van der Waals surface area contributed by atoms with Crippen molar-refractivity contribution in [2.75, 3.05) is 5.32 Å². The molecule has 2 aromatic carbocycles. The molecule has 0 unspecified atom stereocenters. The smallest absolute Gasteiger partial charge is 0.221 e. The Balaban J connectivity index is -0.000000270. The van der Waals surface area contributed by atoms with Gasteiger partial charge in [-0.2, -0.15) is 0 Å². The largest absolute Gasteiger partial charge is 0.326 e. The Morgan fingerprint density at radius 1 is 0.696 bits per heavy atom. The lowest BCUT2D eigenvalue weighted by Gasteiger charge is -1.98. The van der Waals surface area contributed by atoms with Crippen molar-refractivity contribution in [3.63, 3.8) is 0 Å². The standard InChI is InChI=1S/C8H9NO.C7H8.3C2H6/c1-7(10)9-8-5-3-2-4-6-8;1-7-5-3-2-4-6-7;3*1-2/h2-6H,1H3,(H,9,10);2-6H,1H3;3*1-2H3. The van der Waals surface area contributed by atoms with Crippen LogP contribution in [0.2, 0.25) is 0 Å². The Labute approximate surface area is 144 Å². The van der Waals surface area contributed by atoms with Gasteiger partial charge in [0.2, 0.25) is 5.91 Å². The summed E-state index contributed by atoms with van der Waals surface area (Å²) in [6.45, 7) is 15.6. The van der Waals surface area contributed by atoms with Gasteiger partial charge in [0.25, 0.3) is 0 Å². The number of hydrogen-bond donors (Lipinski definition) is 1. The van der Waals surface area contributed by atoms with Crippen LogP contribution in [0.3, 0.4) is 0 Å². The Bertz CT molecular complexity index is 438. The lowest BCUT2D eigenvalue weighted by Crippen LogP contribution is -2.04. The van der Waals surface area contributed by atoms with E-state index in [-0.39, 0.29) is 5.91 Å². The maximum absolute atomic E-state index is 10.5. The van der Waals surface area contributed by atoms with E-state index in [0.29, 0.717) is 0 Å². The third-order valence-corrected chi connectivity index (χ3v) is 2.03. The van der Waals surface area contributed by atoms with E-state index in [4.69, 9.17) is 0 Å². The summed E-state index contributed by atoms with van der Waals surface area (Å²) in [4.78, 5) is 10.5. The topological polar surface area (TPSA) is 29.1 Å². The molecule has 0 bridgehead atoms. The highest BCUT2D eigenvalue weighted by molar-refractivity contribution is 5.88. The SMILES string of the molecule is CC.CC.CC.CC(=O)Nc1ccccc1.Cc1ccccc1. The number of rotatable bonds is 1. The molecule has 1 amide bonds. The number of anilines is 1. The van der Waals surface area contributed by atoms with Gasteiger partial charge >= 0.3 is 0 Å². The van der Waals surface area contributed by atoms with Crippen molar-refractivity contribution in [2.45, 2.75) is 55.4 Å². The van der Waals surface area contributed by atoms with Gasteiger partial charge in [-0.3, -0.25) is 4.79 Å². The molecular formula is C21H35NO. The van der Waals surface area contributed by atoms with Crippen LogP contribution in [-0.2, 0) is 4.79 Å². The third kappa shape index (κ3) is 19.9. The van der Waals surface area contributed by atoms with Crippen molar-refractivity contribution >= 4 is 11.6 Å². The summed E-state index contributed by atoms with van der Waals surface area (Å²) in [6, 6.07) is 19.6. The quantitative estimate of drug-likeness (QED) is 0.621. The van der Waals surface area contributed by atoms with Crippen LogP contribution in [0.25, 0.3) is 0 Å². The zero-order valence-corrected chi connectivity index (χ0v) is 16.2. The van der Waals surface area contributed by atoms with E-state index >= 15 is 0 Å². The molecule has 2 rings (SSSR count). The first-order valence-electron chi connectivity index (χ1n) is 8.53. The third-order valence-electron chi connectivity index (χ3n) is 2.03. The molecule has 0 saturated heterocycles. The molecule has 0 fully saturated rings. The predicted octanol–water partition coefficient (Wildman–Crippen LogP) is 6.72. The number of nitrogens with one attached hydrogen (secondary N) is 1. The maximum Gasteiger partial charge on any atom is 0.221 e.